The molecule has 0 aliphatic carbocycles. The summed E-state index contributed by atoms with van der Waals surface area (Å²) in [7, 11) is 9.33. The molecule has 4 aliphatic heterocycles. The number of amides is 1. The first kappa shape index (κ1) is 41.3. The smallest absolute Gasteiger partial charge is 0.322 e. The SMILES string of the molecule is C.COC(=O)C1CCCCN1.O=C(O)CCCCC1CCSS1.O=COCC1CCCCN1C(=O)CCCCC1CCSS1. The maximum atomic E-state index is 12.3. The molecule has 4 saturated heterocycles. The van der Waals surface area contributed by atoms with Gasteiger partial charge in [0.05, 0.1) is 13.2 Å². The molecule has 4 heterocycles. The average Bonchev–Trinajstić information content (AvgIpc) is 3.76. The Balaban J connectivity index is 0.000000358. The summed E-state index contributed by atoms with van der Waals surface area (Å²) >= 11 is 0. The Bertz CT molecular complexity index is 793. The minimum absolute atomic E-state index is 0. The van der Waals surface area contributed by atoms with E-state index in [9.17, 15) is 19.2 Å². The maximum absolute atomic E-state index is 12.3. The number of carbonyl (C=O) groups is 4. The second kappa shape index (κ2) is 26.3. The van der Waals surface area contributed by atoms with Gasteiger partial charge in [0, 0.05) is 41.4 Å². The second-order valence-corrected chi connectivity index (χ2v) is 16.8. The molecule has 0 bridgehead atoms. The molecule has 0 spiro atoms. The Morgan fingerprint density at radius 2 is 1.52 bits per heavy atom. The van der Waals surface area contributed by atoms with Crippen LogP contribution in [0.2, 0.25) is 0 Å². The van der Waals surface area contributed by atoms with E-state index in [0.29, 0.717) is 25.9 Å². The van der Waals surface area contributed by atoms with Crippen molar-refractivity contribution in [3.05, 3.63) is 0 Å². The highest BCUT2D eigenvalue weighted by Gasteiger charge is 2.27. The number of piperidine rings is 2. The number of methoxy groups -OCH3 is 1. The number of nitrogens with one attached hydrogen (secondary N) is 1. The zero-order valence-electron chi connectivity index (χ0n) is 25.7. The summed E-state index contributed by atoms with van der Waals surface area (Å²) in [4.78, 5) is 45.7. The van der Waals surface area contributed by atoms with E-state index in [-0.39, 0.29) is 31.4 Å². The summed E-state index contributed by atoms with van der Waals surface area (Å²) in [5.74, 6) is 2.00. The van der Waals surface area contributed by atoms with Gasteiger partial charge < -0.3 is 24.8 Å². The molecule has 0 radical (unpaired) electrons. The Hall–Kier alpha value is -0.760. The maximum Gasteiger partial charge on any atom is 0.322 e. The van der Waals surface area contributed by atoms with Crippen molar-refractivity contribution in [2.24, 2.45) is 0 Å². The molecule has 9 nitrogen and oxygen atoms in total. The number of ether oxygens (including phenoxy) is 2. The van der Waals surface area contributed by atoms with Crippen molar-refractivity contribution < 1.29 is 33.8 Å². The van der Waals surface area contributed by atoms with Crippen LogP contribution in [0, 0.1) is 0 Å². The number of aliphatic carboxylic acids is 1. The standard InChI is InChI=1S/C15H25NO3S2.C8H14O2S2.C7H13NO2.CH4/c17-12-19-11-13-5-3-4-9-16(13)15(18)7-2-1-6-14-8-10-20-21-14;9-8(10)4-2-1-3-7-5-6-11-12-7;1-10-7(9)6-4-2-3-5-8-6;/h12-14H,1-11H2;7H,1-6H2,(H,9,10);6,8H,2-5H2,1H3;1H4. The number of rotatable bonds is 14. The average molecular weight is 697 g/mol. The third kappa shape index (κ3) is 18.4. The number of esters is 1. The molecule has 13 heteroatoms. The van der Waals surface area contributed by atoms with Crippen LogP contribution in [0.25, 0.3) is 0 Å². The molecule has 2 N–H and O–H groups in total. The van der Waals surface area contributed by atoms with Crippen LogP contribution in [0.4, 0.5) is 0 Å². The Morgan fingerprint density at radius 1 is 0.886 bits per heavy atom. The number of hydrogen-bond acceptors (Lipinski definition) is 11. The van der Waals surface area contributed by atoms with E-state index in [1.807, 2.05) is 48.1 Å². The van der Waals surface area contributed by atoms with Gasteiger partial charge in [0.25, 0.3) is 6.47 Å². The van der Waals surface area contributed by atoms with Gasteiger partial charge in [-0.05, 0) is 77.2 Å². The summed E-state index contributed by atoms with van der Waals surface area (Å²) in [5.41, 5.74) is 0. The fourth-order valence-corrected chi connectivity index (χ4v) is 11.5. The van der Waals surface area contributed by atoms with E-state index in [4.69, 9.17) is 9.84 Å². The predicted molar refractivity (Wildman–Crippen MR) is 187 cm³/mol. The summed E-state index contributed by atoms with van der Waals surface area (Å²) in [5, 5.41) is 13.1. The molecule has 4 atom stereocenters. The van der Waals surface area contributed by atoms with Gasteiger partial charge in [0.15, 0.2) is 0 Å². The van der Waals surface area contributed by atoms with E-state index in [1.165, 1.54) is 50.7 Å². The number of unbranched alkanes of at least 4 members (excludes halogenated alkanes) is 2. The zero-order valence-corrected chi connectivity index (χ0v) is 29.0. The van der Waals surface area contributed by atoms with E-state index in [0.717, 1.165) is 81.4 Å². The lowest BCUT2D eigenvalue weighted by atomic mass is 10.0. The normalized spacial score (nSPS) is 24.4. The first-order valence-electron chi connectivity index (χ1n) is 15.9. The lowest BCUT2D eigenvalue weighted by Gasteiger charge is -2.35. The van der Waals surface area contributed by atoms with E-state index in [1.54, 1.807) is 0 Å². The highest BCUT2D eigenvalue weighted by Crippen LogP contribution is 2.40. The number of hydrogen-bond donors (Lipinski definition) is 2. The summed E-state index contributed by atoms with van der Waals surface area (Å²) in [6.45, 7) is 2.60. The quantitative estimate of drug-likeness (QED) is 0.0844. The van der Waals surface area contributed by atoms with E-state index in [2.05, 4.69) is 10.1 Å². The van der Waals surface area contributed by atoms with Crippen molar-refractivity contribution in [3.63, 3.8) is 0 Å². The summed E-state index contributed by atoms with van der Waals surface area (Å²) < 4.78 is 9.46. The number of likely N-dealkylation sites (tertiary alicyclic amines) is 1. The predicted octanol–water partition coefficient (Wildman–Crippen LogP) is 6.98. The Kier molecular flexibility index (Phi) is 24.7. The van der Waals surface area contributed by atoms with Gasteiger partial charge in [-0.25, -0.2) is 0 Å². The van der Waals surface area contributed by atoms with Gasteiger partial charge in [0.1, 0.15) is 12.6 Å². The molecule has 4 aliphatic rings. The molecule has 4 unspecified atom stereocenters. The molecule has 4 fully saturated rings. The number of carboxylic acid groups (broad SMARTS) is 1. The lowest BCUT2D eigenvalue weighted by Crippen LogP contribution is -2.46. The van der Waals surface area contributed by atoms with Crippen LogP contribution in [0.3, 0.4) is 0 Å². The first-order chi connectivity index (χ1) is 20.9. The topological polar surface area (TPSA) is 122 Å². The van der Waals surface area contributed by atoms with Crippen molar-refractivity contribution in [2.75, 3.05) is 38.3 Å². The minimum Gasteiger partial charge on any atom is -0.481 e. The van der Waals surface area contributed by atoms with Crippen molar-refractivity contribution in [1.29, 1.82) is 0 Å². The van der Waals surface area contributed by atoms with Gasteiger partial charge in [0.2, 0.25) is 5.91 Å². The van der Waals surface area contributed by atoms with Crippen molar-refractivity contribution in [3.8, 4) is 0 Å². The van der Waals surface area contributed by atoms with Crippen LogP contribution in [-0.4, -0.2) is 95.2 Å². The minimum atomic E-state index is -0.663. The molecule has 44 heavy (non-hydrogen) atoms. The highest BCUT2D eigenvalue weighted by molar-refractivity contribution is 8.77. The molecular weight excluding hydrogens is 641 g/mol. The number of carbonyl (C=O) groups excluding carboxylic acids is 3. The third-order valence-electron chi connectivity index (χ3n) is 7.89. The summed E-state index contributed by atoms with van der Waals surface area (Å²) in [6, 6.07) is 0.0528. The molecule has 0 saturated carbocycles. The van der Waals surface area contributed by atoms with E-state index >= 15 is 0 Å². The monoisotopic (exact) mass is 696 g/mol. The molecule has 256 valence electrons. The van der Waals surface area contributed by atoms with Crippen molar-refractivity contribution in [2.45, 2.75) is 133 Å². The van der Waals surface area contributed by atoms with Crippen LogP contribution in [-0.2, 0) is 28.7 Å². The fraction of sp³-hybridized carbons (Fsp3) is 0.871. The third-order valence-corrected chi connectivity index (χ3v) is 13.9. The molecule has 0 aromatic carbocycles. The number of nitrogens with zero attached hydrogens (tertiary/aromatic N) is 1. The van der Waals surface area contributed by atoms with Crippen LogP contribution >= 0.6 is 43.2 Å². The fourth-order valence-electron chi connectivity index (χ4n) is 5.42. The van der Waals surface area contributed by atoms with Crippen LogP contribution in [0.1, 0.15) is 110 Å². The van der Waals surface area contributed by atoms with Crippen LogP contribution < -0.4 is 5.32 Å². The van der Waals surface area contributed by atoms with Gasteiger partial charge in [-0.1, -0.05) is 69.9 Å². The van der Waals surface area contributed by atoms with Gasteiger partial charge in [-0.15, -0.1) is 0 Å². The van der Waals surface area contributed by atoms with Gasteiger partial charge in [-0.3, -0.25) is 19.2 Å². The van der Waals surface area contributed by atoms with Crippen molar-refractivity contribution >= 4 is 67.5 Å². The van der Waals surface area contributed by atoms with Crippen molar-refractivity contribution in [1.82, 2.24) is 10.2 Å². The van der Waals surface area contributed by atoms with E-state index < -0.39 is 5.97 Å². The molecule has 4 rings (SSSR count). The number of carboxylic acids is 1. The largest absolute Gasteiger partial charge is 0.481 e. The van der Waals surface area contributed by atoms with Crippen LogP contribution in [0.15, 0.2) is 0 Å². The second-order valence-electron chi connectivity index (χ2n) is 11.2. The molecule has 0 aromatic rings. The Morgan fingerprint density at radius 3 is 2.05 bits per heavy atom. The summed E-state index contributed by atoms with van der Waals surface area (Å²) in [6.07, 6.45) is 16.5. The molecule has 1 amide bonds. The lowest BCUT2D eigenvalue weighted by molar-refractivity contribution is -0.143. The Labute approximate surface area is 281 Å². The highest BCUT2D eigenvalue weighted by atomic mass is 33.1. The molecule has 0 aromatic heterocycles. The van der Waals surface area contributed by atoms with Gasteiger partial charge in [-0.2, -0.15) is 0 Å². The zero-order chi connectivity index (χ0) is 31.1. The van der Waals surface area contributed by atoms with Gasteiger partial charge >= 0.3 is 11.9 Å². The molecular formula is C31H56N2O7S4. The van der Waals surface area contributed by atoms with Crippen LogP contribution in [0.5, 0.6) is 0 Å². The first-order valence-corrected chi connectivity index (χ1v) is 20.6.